The molecule has 0 radical (unpaired) electrons. The van der Waals surface area contributed by atoms with Crippen molar-refractivity contribution in [3.63, 3.8) is 0 Å². The van der Waals surface area contributed by atoms with Crippen molar-refractivity contribution in [3.8, 4) is 0 Å². The van der Waals surface area contributed by atoms with Gasteiger partial charge in [-0.05, 0) is 24.8 Å². The molecule has 1 unspecified atom stereocenters. The summed E-state index contributed by atoms with van der Waals surface area (Å²) >= 11 is 0. The van der Waals surface area contributed by atoms with Crippen molar-refractivity contribution < 1.29 is 8.78 Å². The predicted octanol–water partition coefficient (Wildman–Crippen LogP) is 3.17. The lowest BCUT2D eigenvalue weighted by Gasteiger charge is -2.34. The van der Waals surface area contributed by atoms with E-state index >= 15 is 0 Å². The van der Waals surface area contributed by atoms with E-state index in [1.165, 1.54) is 12.5 Å². The second kappa shape index (κ2) is 4.90. The first-order valence-electron chi connectivity index (χ1n) is 6.11. The number of piperidine rings is 1. The van der Waals surface area contributed by atoms with Gasteiger partial charge in [0.1, 0.15) is 5.82 Å². The van der Waals surface area contributed by atoms with Crippen LogP contribution in [0.3, 0.4) is 0 Å². The molecule has 0 amide bonds. The molecule has 94 valence electrons. The summed E-state index contributed by atoms with van der Waals surface area (Å²) in [6.45, 7) is 3.80. The van der Waals surface area contributed by atoms with Crippen molar-refractivity contribution in [3.05, 3.63) is 23.8 Å². The summed E-state index contributed by atoms with van der Waals surface area (Å²) in [5.74, 6) is -0.640. The zero-order valence-electron chi connectivity index (χ0n) is 10.0. The Kier molecular flexibility index (Phi) is 3.50. The van der Waals surface area contributed by atoms with Crippen molar-refractivity contribution in [2.75, 3.05) is 23.7 Å². The summed E-state index contributed by atoms with van der Waals surface area (Å²) in [5.41, 5.74) is 6.24. The van der Waals surface area contributed by atoms with E-state index in [-0.39, 0.29) is 5.69 Å². The normalized spacial score (nSPS) is 20.6. The number of nitrogen functional groups attached to an aromatic ring is 1. The first kappa shape index (κ1) is 12.1. The molecule has 17 heavy (non-hydrogen) atoms. The van der Waals surface area contributed by atoms with Crippen LogP contribution in [0.1, 0.15) is 26.2 Å². The molecule has 1 aliphatic rings. The van der Waals surface area contributed by atoms with E-state index in [4.69, 9.17) is 5.73 Å². The summed E-state index contributed by atoms with van der Waals surface area (Å²) in [6, 6.07) is 2.16. The highest BCUT2D eigenvalue weighted by atomic mass is 19.1. The Labute approximate surface area is 100 Å². The number of hydrogen-bond donors (Lipinski definition) is 1. The van der Waals surface area contributed by atoms with Crippen LogP contribution >= 0.6 is 0 Å². The van der Waals surface area contributed by atoms with Crippen molar-refractivity contribution in [2.45, 2.75) is 26.2 Å². The number of hydrogen-bond acceptors (Lipinski definition) is 2. The molecule has 1 aromatic carbocycles. The standard InChI is InChI=1S/C13H18F2N2/c1-2-9-4-3-5-17(8-9)12-7-10(14)6-11(15)13(12)16/h6-7,9H,2-5,8,16H2,1H3. The van der Waals surface area contributed by atoms with Crippen LogP contribution in [0.25, 0.3) is 0 Å². The molecule has 1 aliphatic heterocycles. The van der Waals surface area contributed by atoms with Gasteiger partial charge < -0.3 is 10.6 Å². The molecular formula is C13H18F2N2. The lowest BCUT2D eigenvalue weighted by atomic mass is 9.95. The van der Waals surface area contributed by atoms with E-state index in [1.807, 2.05) is 4.90 Å². The molecular weight excluding hydrogens is 222 g/mol. The van der Waals surface area contributed by atoms with Gasteiger partial charge in [-0.15, -0.1) is 0 Å². The fourth-order valence-electron chi connectivity index (χ4n) is 2.45. The lowest BCUT2D eigenvalue weighted by Crippen LogP contribution is -2.35. The van der Waals surface area contributed by atoms with Crippen molar-refractivity contribution in [1.82, 2.24) is 0 Å². The second-order valence-electron chi connectivity index (χ2n) is 4.68. The zero-order valence-corrected chi connectivity index (χ0v) is 10.0. The molecule has 0 bridgehead atoms. The van der Waals surface area contributed by atoms with E-state index in [1.54, 1.807) is 0 Å². The lowest BCUT2D eigenvalue weighted by molar-refractivity contribution is 0.404. The largest absolute Gasteiger partial charge is 0.395 e. The zero-order chi connectivity index (χ0) is 12.4. The molecule has 2 nitrogen and oxygen atoms in total. The Balaban J connectivity index is 2.27. The molecule has 0 saturated carbocycles. The molecule has 2 rings (SSSR count). The number of halogens is 2. The van der Waals surface area contributed by atoms with Gasteiger partial charge >= 0.3 is 0 Å². The Hall–Kier alpha value is -1.32. The third kappa shape index (κ3) is 2.51. The minimum absolute atomic E-state index is 0.0585. The maximum atomic E-state index is 13.4. The van der Waals surface area contributed by atoms with Crippen molar-refractivity contribution >= 4 is 11.4 Å². The molecule has 0 aliphatic carbocycles. The topological polar surface area (TPSA) is 29.3 Å². The first-order valence-corrected chi connectivity index (χ1v) is 6.11. The van der Waals surface area contributed by atoms with E-state index in [2.05, 4.69) is 6.92 Å². The van der Waals surface area contributed by atoms with Gasteiger partial charge in [0.2, 0.25) is 0 Å². The summed E-state index contributed by atoms with van der Waals surface area (Å²) in [6.07, 6.45) is 3.33. The number of anilines is 2. The van der Waals surface area contributed by atoms with Crippen LogP contribution in [-0.4, -0.2) is 13.1 Å². The van der Waals surface area contributed by atoms with Crippen molar-refractivity contribution in [1.29, 1.82) is 0 Å². The van der Waals surface area contributed by atoms with Crippen LogP contribution in [0.15, 0.2) is 12.1 Å². The summed E-state index contributed by atoms with van der Waals surface area (Å²) in [7, 11) is 0. The van der Waals surface area contributed by atoms with E-state index in [0.717, 1.165) is 32.0 Å². The minimum Gasteiger partial charge on any atom is -0.395 e. The Morgan fingerprint density at radius 3 is 2.88 bits per heavy atom. The summed E-state index contributed by atoms with van der Waals surface area (Å²) in [4.78, 5) is 2.00. The predicted molar refractivity (Wildman–Crippen MR) is 66.0 cm³/mol. The van der Waals surface area contributed by atoms with E-state index in [0.29, 0.717) is 11.6 Å². The number of rotatable bonds is 2. The Morgan fingerprint density at radius 2 is 2.18 bits per heavy atom. The van der Waals surface area contributed by atoms with E-state index in [9.17, 15) is 8.78 Å². The summed E-state index contributed by atoms with van der Waals surface area (Å²) in [5, 5.41) is 0. The molecule has 1 atom stereocenters. The maximum Gasteiger partial charge on any atom is 0.151 e. The molecule has 0 spiro atoms. The van der Waals surface area contributed by atoms with Crippen LogP contribution in [-0.2, 0) is 0 Å². The van der Waals surface area contributed by atoms with Crippen LogP contribution in [0.4, 0.5) is 20.2 Å². The van der Waals surface area contributed by atoms with Gasteiger partial charge in [-0.3, -0.25) is 0 Å². The number of benzene rings is 1. The Bertz CT molecular complexity index is 407. The average molecular weight is 240 g/mol. The maximum absolute atomic E-state index is 13.4. The molecule has 0 aromatic heterocycles. The molecule has 1 fully saturated rings. The fraction of sp³-hybridized carbons (Fsp3) is 0.538. The van der Waals surface area contributed by atoms with Crippen molar-refractivity contribution in [2.24, 2.45) is 5.92 Å². The van der Waals surface area contributed by atoms with Crippen LogP contribution in [0.2, 0.25) is 0 Å². The molecule has 2 N–H and O–H groups in total. The van der Waals surface area contributed by atoms with E-state index < -0.39 is 11.6 Å². The first-order chi connectivity index (χ1) is 8.11. The van der Waals surface area contributed by atoms with Gasteiger partial charge in [0, 0.05) is 19.2 Å². The fourth-order valence-corrected chi connectivity index (χ4v) is 2.45. The van der Waals surface area contributed by atoms with Gasteiger partial charge in [-0.25, -0.2) is 8.78 Å². The number of nitrogens with zero attached hydrogens (tertiary/aromatic N) is 1. The molecule has 1 aromatic rings. The SMILES string of the molecule is CCC1CCCN(c2cc(F)cc(F)c2N)C1. The average Bonchev–Trinajstić information content (AvgIpc) is 2.34. The van der Waals surface area contributed by atoms with Gasteiger partial charge in [-0.2, -0.15) is 0 Å². The highest BCUT2D eigenvalue weighted by Crippen LogP contribution is 2.31. The monoisotopic (exact) mass is 240 g/mol. The second-order valence-corrected chi connectivity index (χ2v) is 4.68. The third-order valence-corrected chi connectivity index (χ3v) is 3.51. The molecule has 1 heterocycles. The molecule has 1 saturated heterocycles. The highest BCUT2D eigenvalue weighted by Gasteiger charge is 2.21. The Morgan fingerprint density at radius 1 is 1.41 bits per heavy atom. The quantitative estimate of drug-likeness (QED) is 0.804. The number of nitrogens with two attached hydrogens (primary N) is 1. The van der Waals surface area contributed by atoms with Crippen LogP contribution < -0.4 is 10.6 Å². The van der Waals surface area contributed by atoms with Crippen LogP contribution in [0, 0.1) is 17.6 Å². The van der Waals surface area contributed by atoms with Crippen LogP contribution in [0.5, 0.6) is 0 Å². The van der Waals surface area contributed by atoms with Gasteiger partial charge in [0.15, 0.2) is 5.82 Å². The summed E-state index contributed by atoms with van der Waals surface area (Å²) < 4.78 is 26.6. The smallest absolute Gasteiger partial charge is 0.151 e. The highest BCUT2D eigenvalue weighted by molar-refractivity contribution is 5.68. The van der Waals surface area contributed by atoms with Gasteiger partial charge in [0.25, 0.3) is 0 Å². The van der Waals surface area contributed by atoms with Gasteiger partial charge in [0.05, 0.1) is 11.4 Å². The minimum atomic E-state index is -0.668. The molecule has 4 heteroatoms. The van der Waals surface area contributed by atoms with Gasteiger partial charge in [-0.1, -0.05) is 13.3 Å². The third-order valence-electron chi connectivity index (χ3n) is 3.51.